The molecule has 254 valence electrons. The zero-order valence-corrected chi connectivity index (χ0v) is 27.8. The average molecular weight is 667 g/mol. The number of carbonyl (C=O) groups is 2. The van der Waals surface area contributed by atoms with Gasteiger partial charge in [-0.1, -0.05) is 109 Å². The fourth-order valence-electron chi connectivity index (χ4n) is 9.08. The van der Waals surface area contributed by atoms with Crippen molar-refractivity contribution >= 4 is 11.6 Å². The van der Waals surface area contributed by atoms with Crippen LogP contribution in [0, 0.1) is 0 Å². The number of aliphatic hydroxyl groups excluding tert-OH is 3. The summed E-state index contributed by atoms with van der Waals surface area (Å²) >= 11 is 0. The van der Waals surface area contributed by atoms with Crippen molar-refractivity contribution in [1.82, 2.24) is 10.6 Å². The summed E-state index contributed by atoms with van der Waals surface area (Å²) in [6.07, 6.45) is 2.70. The molecule has 0 radical (unpaired) electrons. The van der Waals surface area contributed by atoms with Gasteiger partial charge in [0.2, 0.25) is 0 Å². The molecule has 0 spiro atoms. The minimum Gasteiger partial charge on any atom is -0.393 e. The Hall–Kier alpha value is -4.82. The molecule has 2 aliphatic heterocycles. The molecule has 0 amide bonds. The van der Waals surface area contributed by atoms with Gasteiger partial charge >= 0.3 is 0 Å². The fraction of sp³-hybridized carbons (Fsp3) is 0.302. The predicted octanol–water partition coefficient (Wildman–Crippen LogP) is 4.60. The monoisotopic (exact) mass is 666 g/mol. The highest BCUT2D eigenvalue weighted by Gasteiger charge is 2.53. The van der Waals surface area contributed by atoms with E-state index in [1.165, 1.54) is 0 Å². The molecule has 7 heteroatoms. The first-order valence-electron chi connectivity index (χ1n) is 17.6. The van der Waals surface area contributed by atoms with E-state index in [1.54, 1.807) is 12.4 Å². The normalized spacial score (nSPS) is 28.8. The van der Waals surface area contributed by atoms with Crippen LogP contribution in [0.25, 0.3) is 0 Å². The molecule has 2 heterocycles. The zero-order chi connectivity index (χ0) is 34.5. The second kappa shape index (κ2) is 12.8. The van der Waals surface area contributed by atoms with E-state index in [0.29, 0.717) is 36.8 Å². The van der Waals surface area contributed by atoms with Gasteiger partial charge in [0.25, 0.3) is 0 Å². The first-order valence-corrected chi connectivity index (χ1v) is 17.6. The van der Waals surface area contributed by atoms with Crippen LogP contribution in [0.4, 0.5) is 0 Å². The third kappa shape index (κ3) is 5.59. The lowest BCUT2D eigenvalue weighted by Crippen LogP contribution is -2.55. The van der Waals surface area contributed by atoms with Crippen LogP contribution >= 0.6 is 0 Å². The number of aliphatic hydroxyl groups is 3. The van der Waals surface area contributed by atoms with Gasteiger partial charge in [0.05, 0.1) is 18.3 Å². The number of fused-ring (bicyclic) bond motifs is 2. The highest BCUT2D eigenvalue weighted by atomic mass is 16.3. The van der Waals surface area contributed by atoms with E-state index in [-0.39, 0.29) is 24.4 Å². The van der Waals surface area contributed by atoms with Crippen LogP contribution in [0.1, 0.15) is 58.1 Å². The summed E-state index contributed by atoms with van der Waals surface area (Å²) in [4.78, 5) is 29.4. The van der Waals surface area contributed by atoms with E-state index in [9.17, 15) is 24.9 Å². The summed E-state index contributed by atoms with van der Waals surface area (Å²) in [7, 11) is 0. The van der Waals surface area contributed by atoms with Crippen molar-refractivity contribution < 1.29 is 24.9 Å². The van der Waals surface area contributed by atoms with Crippen LogP contribution < -0.4 is 10.6 Å². The molecule has 5 N–H and O–H groups in total. The lowest BCUT2D eigenvalue weighted by Gasteiger charge is -2.36. The lowest BCUT2D eigenvalue weighted by atomic mass is 9.74. The largest absolute Gasteiger partial charge is 0.393 e. The van der Waals surface area contributed by atoms with Crippen LogP contribution in [0.2, 0.25) is 0 Å². The molecule has 4 aromatic rings. The molecule has 0 fully saturated rings. The van der Waals surface area contributed by atoms with Crippen molar-refractivity contribution in [3.05, 3.63) is 166 Å². The SMILES string of the molecule is O=C1C(C2c3ccccc3CC2O)=CNC1(Cc1ccccc1)CC(O)CC1(Cc2ccccc2)NC=C(C2c3ccccc3CC2O)C1=O. The van der Waals surface area contributed by atoms with Crippen molar-refractivity contribution in [3.63, 3.8) is 0 Å². The van der Waals surface area contributed by atoms with Crippen molar-refractivity contribution in [2.75, 3.05) is 0 Å². The van der Waals surface area contributed by atoms with E-state index in [1.807, 2.05) is 109 Å². The molecule has 50 heavy (non-hydrogen) atoms. The Morgan fingerprint density at radius 2 is 0.960 bits per heavy atom. The molecule has 0 bridgehead atoms. The van der Waals surface area contributed by atoms with Crippen LogP contribution in [0.5, 0.6) is 0 Å². The second-order valence-corrected chi connectivity index (χ2v) is 14.6. The fourth-order valence-corrected chi connectivity index (χ4v) is 9.08. The van der Waals surface area contributed by atoms with Gasteiger partial charge in [-0.15, -0.1) is 0 Å². The van der Waals surface area contributed by atoms with Gasteiger partial charge in [0.1, 0.15) is 11.1 Å². The standard InChI is InChI=1S/C43H42N2O5/c46-31(23-42(21-27-11-3-1-4-12-27)40(49)34(25-44-42)38-32-17-9-7-15-29(32)19-36(38)47)24-43(22-28-13-5-2-6-14-28)41(50)35(26-45-43)39-33-18-10-8-16-30(33)20-37(39)48/h1-18,25-26,31,36-39,44-48H,19-24H2. The van der Waals surface area contributed by atoms with Crippen molar-refractivity contribution in [1.29, 1.82) is 0 Å². The maximum absolute atomic E-state index is 14.7. The average Bonchev–Trinajstić information content (AvgIpc) is 3.82. The third-order valence-electron chi connectivity index (χ3n) is 11.3. The number of ketones is 2. The number of benzene rings is 4. The van der Waals surface area contributed by atoms with Gasteiger partial charge < -0.3 is 26.0 Å². The Bertz CT molecular complexity index is 1850. The van der Waals surface area contributed by atoms with E-state index >= 15 is 0 Å². The van der Waals surface area contributed by atoms with E-state index < -0.39 is 41.2 Å². The maximum atomic E-state index is 14.7. The smallest absolute Gasteiger partial charge is 0.186 e. The predicted molar refractivity (Wildman–Crippen MR) is 191 cm³/mol. The summed E-state index contributed by atoms with van der Waals surface area (Å²) in [5.74, 6) is -1.21. The van der Waals surface area contributed by atoms with Crippen molar-refractivity contribution in [3.8, 4) is 0 Å². The minimum atomic E-state index is -1.18. The Labute approximate surface area is 292 Å². The first kappa shape index (κ1) is 32.4. The van der Waals surface area contributed by atoms with E-state index in [4.69, 9.17) is 0 Å². The summed E-state index contributed by atoms with van der Waals surface area (Å²) in [6.45, 7) is 0. The number of carbonyl (C=O) groups excluding carboxylic acids is 2. The molecule has 2 aliphatic carbocycles. The quantitative estimate of drug-likeness (QED) is 0.168. The summed E-state index contributed by atoms with van der Waals surface area (Å²) in [5, 5.41) is 41.3. The van der Waals surface area contributed by atoms with Gasteiger partial charge in [0, 0.05) is 61.1 Å². The number of nitrogens with one attached hydrogen (secondary N) is 2. The summed E-state index contributed by atoms with van der Waals surface area (Å²) in [5.41, 5.74) is 4.51. The van der Waals surface area contributed by atoms with Crippen molar-refractivity contribution in [2.24, 2.45) is 0 Å². The highest BCUT2D eigenvalue weighted by molar-refractivity contribution is 6.07. The number of Topliss-reactive ketones (excluding diaryl/α,β-unsaturated/α-hetero) is 2. The first-order chi connectivity index (χ1) is 24.3. The third-order valence-corrected chi connectivity index (χ3v) is 11.3. The molecular formula is C43H42N2O5. The van der Waals surface area contributed by atoms with Crippen LogP contribution in [0.15, 0.2) is 133 Å². The van der Waals surface area contributed by atoms with Crippen LogP contribution in [-0.4, -0.2) is 56.3 Å². The molecule has 7 nitrogen and oxygen atoms in total. The second-order valence-electron chi connectivity index (χ2n) is 14.6. The Morgan fingerprint density at radius 3 is 1.38 bits per heavy atom. The number of hydrogen-bond acceptors (Lipinski definition) is 7. The minimum absolute atomic E-state index is 0.0565. The van der Waals surface area contributed by atoms with Crippen LogP contribution in [0.3, 0.4) is 0 Å². The molecule has 4 aliphatic rings. The zero-order valence-electron chi connectivity index (χ0n) is 27.8. The van der Waals surface area contributed by atoms with E-state index in [0.717, 1.165) is 33.4 Å². The van der Waals surface area contributed by atoms with Gasteiger partial charge in [0.15, 0.2) is 11.6 Å². The molecule has 0 saturated carbocycles. The van der Waals surface area contributed by atoms with Crippen molar-refractivity contribution in [2.45, 2.75) is 79.8 Å². The topological polar surface area (TPSA) is 119 Å². The van der Waals surface area contributed by atoms with Crippen LogP contribution in [-0.2, 0) is 35.3 Å². The number of hydrogen-bond donors (Lipinski definition) is 5. The lowest BCUT2D eigenvalue weighted by molar-refractivity contribution is -0.123. The Morgan fingerprint density at radius 1 is 0.580 bits per heavy atom. The number of rotatable bonds is 10. The molecule has 4 aromatic carbocycles. The molecule has 0 aromatic heterocycles. The molecular weight excluding hydrogens is 624 g/mol. The molecule has 8 rings (SSSR count). The summed E-state index contributed by atoms with van der Waals surface area (Å²) in [6, 6.07) is 35.2. The Balaban J connectivity index is 1.10. The maximum Gasteiger partial charge on any atom is 0.186 e. The van der Waals surface area contributed by atoms with Gasteiger partial charge in [-0.05, 0) is 46.2 Å². The Kier molecular flexibility index (Phi) is 8.30. The highest BCUT2D eigenvalue weighted by Crippen LogP contribution is 2.45. The summed E-state index contributed by atoms with van der Waals surface area (Å²) < 4.78 is 0. The molecule has 6 unspecified atom stereocenters. The van der Waals surface area contributed by atoms with Gasteiger partial charge in [-0.3, -0.25) is 9.59 Å². The van der Waals surface area contributed by atoms with Gasteiger partial charge in [-0.2, -0.15) is 0 Å². The van der Waals surface area contributed by atoms with E-state index in [2.05, 4.69) is 10.6 Å². The molecule has 6 atom stereocenters. The van der Waals surface area contributed by atoms with Gasteiger partial charge in [-0.25, -0.2) is 0 Å². The molecule has 0 saturated heterocycles.